The van der Waals surface area contributed by atoms with Crippen molar-refractivity contribution in [2.45, 2.75) is 37.5 Å². The number of fused-ring (bicyclic) bond motifs is 1. The lowest BCUT2D eigenvalue weighted by atomic mass is 10.1. The fourth-order valence-corrected chi connectivity index (χ4v) is 4.47. The summed E-state index contributed by atoms with van der Waals surface area (Å²) in [5.74, 6) is -1.69. The molecule has 1 saturated heterocycles. The van der Waals surface area contributed by atoms with Crippen molar-refractivity contribution in [1.29, 1.82) is 0 Å². The number of hydrogen-bond acceptors (Lipinski definition) is 4. The van der Waals surface area contributed by atoms with Crippen LogP contribution in [-0.4, -0.2) is 37.6 Å². The number of nitrogens with zero attached hydrogens (tertiary/aromatic N) is 1. The normalized spacial score (nSPS) is 22.8. The third kappa shape index (κ3) is 3.16. The molecule has 1 atom stereocenters. The van der Waals surface area contributed by atoms with Gasteiger partial charge in [-0.1, -0.05) is 12.8 Å². The standard InChI is InChI=1S/C16H21N3O4S/c1-11-15(20)17-13-7-6-12(10-14(13)18-16(11)21)24(22,23)19-8-4-2-3-5-9-19/h6-7,10-11H,2-5,8-9H2,1H3,(H,17,20)(H,18,21). The van der Waals surface area contributed by atoms with Gasteiger partial charge in [-0.15, -0.1) is 0 Å². The summed E-state index contributed by atoms with van der Waals surface area (Å²) in [6, 6.07) is 4.42. The molecule has 2 aliphatic rings. The van der Waals surface area contributed by atoms with Gasteiger partial charge < -0.3 is 10.6 Å². The van der Waals surface area contributed by atoms with Crippen molar-refractivity contribution in [3.05, 3.63) is 18.2 Å². The van der Waals surface area contributed by atoms with Crippen LogP contribution in [0.4, 0.5) is 11.4 Å². The minimum absolute atomic E-state index is 0.132. The number of rotatable bonds is 2. The molecule has 130 valence electrons. The monoisotopic (exact) mass is 351 g/mol. The molecule has 2 N–H and O–H groups in total. The highest BCUT2D eigenvalue weighted by molar-refractivity contribution is 7.89. The number of benzene rings is 1. The topological polar surface area (TPSA) is 95.6 Å². The second-order valence-electron chi connectivity index (χ2n) is 6.23. The van der Waals surface area contributed by atoms with Crippen molar-refractivity contribution in [3.8, 4) is 0 Å². The number of hydrogen-bond donors (Lipinski definition) is 2. The Labute approximate surface area is 141 Å². The molecule has 0 saturated carbocycles. The zero-order chi connectivity index (χ0) is 17.3. The van der Waals surface area contributed by atoms with Crippen LogP contribution in [-0.2, 0) is 19.6 Å². The predicted octanol–water partition coefficient (Wildman–Crippen LogP) is 1.78. The van der Waals surface area contributed by atoms with Crippen molar-refractivity contribution < 1.29 is 18.0 Å². The minimum Gasteiger partial charge on any atom is -0.324 e. The SMILES string of the molecule is CC1C(=O)Nc2ccc(S(=O)(=O)N3CCCCCC3)cc2NC1=O. The lowest BCUT2D eigenvalue weighted by Gasteiger charge is -2.20. The first-order chi connectivity index (χ1) is 11.4. The first-order valence-corrected chi connectivity index (χ1v) is 9.59. The summed E-state index contributed by atoms with van der Waals surface area (Å²) in [6.07, 6.45) is 3.79. The number of carbonyl (C=O) groups excluding carboxylic acids is 2. The number of nitrogens with one attached hydrogen (secondary N) is 2. The largest absolute Gasteiger partial charge is 0.324 e. The molecular formula is C16H21N3O4S. The van der Waals surface area contributed by atoms with Crippen LogP contribution in [0.5, 0.6) is 0 Å². The average molecular weight is 351 g/mol. The number of anilines is 2. The highest BCUT2D eigenvalue weighted by atomic mass is 32.2. The van der Waals surface area contributed by atoms with Crippen LogP contribution in [0, 0.1) is 5.92 Å². The van der Waals surface area contributed by atoms with E-state index in [-0.39, 0.29) is 4.90 Å². The molecule has 24 heavy (non-hydrogen) atoms. The van der Waals surface area contributed by atoms with Gasteiger partial charge in [0.05, 0.1) is 16.3 Å². The van der Waals surface area contributed by atoms with Crippen LogP contribution in [0.1, 0.15) is 32.6 Å². The van der Waals surface area contributed by atoms with E-state index < -0.39 is 27.8 Å². The third-order valence-corrected chi connectivity index (χ3v) is 6.39. The predicted molar refractivity (Wildman–Crippen MR) is 90.1 cm³/mol. The van der Waals surface area contributed by atoms with Crippen molar-refractivity contribution in [3.63, 3.8) is 0 Å². The van der Waals surface area contributed by atoms with E-state index in [4.69, 9.17) is 0 Å². The summed E-state index contributed by atoms with van der Waals surface area (Å²) in [4.78, 5) is 24.0. The molecule has 0 bridgehead atoms. The molecule has 1 aromatic rings. The van der Waals surface area contributed by atoms with Crippen LogP contribution in [0.15, 0.2) is 23.1 Å². The third-order valence-electron chi connectivity index (χ3n) is 4.50. The smallest absolute Gasteiger partial charge is 0.243 e. The van der Waals surface area contributed by atoms with Crippen LogP contribution in [0.25, 0.3) is 0 Å². The maximum atomic E-state index is 12.8. The second kappa shape index (κ2) is 6.52. The second-order valence-corrected chi connectivity index (χ2v) is 8.16. The zero-order valence-electron chi connectivity index (χ0n) is 13.5. The molecule has 0 aromatic heterocycles. The summed E-state index contributed by atoms with van der Waals surface area (Å²) in [6.45, 7) is 2.53. The molecule has 0 aliphatic carbocycles. The van der Waals surface area contributed by atoms with E-state index in [2.05, 4.69) is 10.6 Å². The van der Waals surface area contributed by atoms with E-state index in [9.17, 15) is 18.0 Å². The highest BCUT2D eigenvalue weighted by Gasteiger charge is 2.29. The van der Waals surface area contributed by atoms with E-state index >= 15 is 0 Å². The maximum absolute atomic E-state index is 12.8. The Morgan fingerprint density at radius 2 is 1.54 bits per heavy atom. The van der Waals surface area contributed by atoms with E-state index in [0.29, 0.717) is 24.5 Å². The Bertz CT molecular complexity index is 768. The van der Waals surface area contributed by atoms with Gasteiger partial charge in [-0.2, -0.15) is 4.31 Å². The molecule has 7 nitrogen and oxygen atoms in total. The number of sulfonamides is 1. The Hall–Kier alpha value is -1.93. The van der Waals surface area contributed by atoms with E-state index in [0.717, 1.165) is 25.7 Å². The Morgan fingerprint density at radius 3 is 2.17 bits per heavy atom. The molecular weight excluding hydrogens is 330 g/mol. The molecule has 1 unspecified atom stereocenters. The molecule has 2 heterocycles. The van der Waals surface area contributed by atoms with Gasteiger partial charge in [-0.3, -0.25) is 9.59 Å². The quantitative estimate of drug-likeness (QED) is 0.794. The van der Waals surface area contributed by atoms with Gasteiger partial charge in [0.1, 0.15) is 5.92 Å². The fraction of sp³-hybridized carbons (Fsp3) is 0.500. The lowest BCUT2D eigenvalue weighted by molar-refractivity contribution is -0.128. The van der Waals surface area contributed by atoms with Crippen LogP contribution in [0.3, 0.4) is 0 Å². The van der Waals surface area contributed by atoms with Crippen LogP contribution >= 0.6 is 0 Å². The van der Waals surface area contributed by atoms with Crippen molar-refractivity contribution >= 4 is 33.2 Å². The lowest BCUT2D eigenvalue weighted by Crippen LogP contribution is -2.32. The van der Waals surface area contributed by atoms with Gasteiger partial charge in [0, 0.05) is 13.1 Å². The van der Waals surface area contributed by atoms with E-state index in [1.807, 2.05) is 0 Å². The molecule has 2 aliphatic heterocycles. The minimum atomic E-state index is -3.61. The van der Waals surface area contributed by atoms with Crippen molar-refractivity contribution in [1.82, 2.24) is 4.31 Å². The summed E-state index contributed by atoms with van der Waals surface area (Å²) in [7, 11) is -3.61. The van der Waals surface area contributed by atoms with Gasteiger partial charge in [0.15, 0.2) is 0 Å². The number of amides is 2. The van der Waals surface area contributed by atoms with Gasteiger partial charge in [-0.05, 0) is 38.0 Å². The fourth-order valence-electron chi connectivity index (χ4n) is 2.93. The maximum Gasteiger partial charge on any atom is 0.243 e. The molecule has 1 aromatic carbocycles. The van der Waals surface area contributed by atoms with Gasteiger partial charge in [-0.25, -0.2) is 8.42 Å². The molecule has 2 amide bonds. The van der Waals surface area contributed by atoms with Crippen molar-refractivity contribution in [2.24, 2.45) is 5.92 Å². The molecule has 1 fully saturated rings. The first kappa shape index (κ1) is 16.9. The van der Waals surface area contributed by atoms with Crippen molar-refractivity contribution in [2.75, 3.05) is 23.7 Å². The average Bonchev–Trinajstić information content (AvgIpc) is 2.89. The van der Waals surface area contributed by atoms with Gasteiger partial charge >= 0.3 is 0 Å². The molecule has 0 spiro atoms. The summed E-state index contributed by atoms with van der Waals surface area (Å²) >= 11 is 0. The Kier molecular flexibility index (Phi) is 4.60. The summed E-state index contributed by atoms with van der Waals surface area (Å²) < 4.78 is 27.2. The van der Waals surface area contributed by atoms with E-state index in [1.165, 1.54) is 29.4 Å². The van der Waals surface area contributed by atoms with E-state index in [1.54, 1.807) is 0 Å². The molecule has 0 radical (unpaired) electrons. The number of carbonyl (C=O) groups is 2. The highest BCUT2D eigenvalue weighted by Crippen LogP contribution is 2.30. The molecule has 8 heteroatoms. The molecule has 3 rings (SSSR count). The Balaban J connectivity index is 1.95. The van der Waals surface area contributed by atoms with Gasteiger partial charge in [0.2, 0.25) is 21.8 Å². The first-order valence-electron chi connectivity index (χ1n) is 8.15. The van der Waals surface area contributed by atoms with Gasteiger partial charge in [0.25, 0.3) is 0 Å². The summed E-state index contributed by atoms with van der Waals surface area (Å²) in [5, 5.41) is 5.27. The van der Waals surface area contributed by atoms with Crippen LogP contribution < -0.4 is 10.6 Å². The van der Waals surface area contributed by atoms with Crippen LogP contribution in [0.2, 0.25) is 0 Å². The zero-order valence-corrected chi connectivity index (χ0v) is 14.4. The summed E-state index contributed by atoms with van der Waals surface area (Å²) in [5.41, 5.74) is 0.723. The Morgan fingerprint density at radius 1 is 0.958 bits per heavy atom.